The van der Waals surface area contributed by atoms with Gasteiger partial charge in [-0.3, -0.25) is 9.48 Å². The SMILES string of the molecule is Cn1cc(-n2ccc(=O)c(Cc3cccc(-c4ncc(C5CCN(C(=O)OC(C)(C)C)CC5)cn4)c3)n2)cn1. The fraction of sp³-hybridized carbons (Fsp3) is 0.379. The number of hydrogen-bond donors (Lipinski definition) is 0. The van der Waals surface area contributed by atoms with Gasteiger partial charge in [0.15, 0.2) is 5.82 Å². The van der Waals surface area contributed by atoms with Crippen LogP contribution in [0.3, 0.4) is 0 Å². The number of carbonyl (C=O) groups is 1. The minimum absolute atomic E-state index is 0.112. The van der Waals surface area contributed by atoms with Crippen molar-refractivity contribution in [3.63, 3.8) is 0 Å². The Bertz CT molecular complexity index is 1510. The first-order valence-electron chi connectivity index (χ1n) is 13.1. The van der Waals surface area contributed by atoms with Crippen LogP contribution in [0.5, 0.6) is 0 Å². The lowest BCUT2D eigenvalue weighted by atomic mass is 9.91. The highest BCUT2D eigenvalue weighted by Crippen LogP contribution is 2.29. The van der Waals surface area contributed by atoms with E-state index in [1.807, 2.05) is 70.7 Å². The Labute approximate surface area is 227 Å². The summed E-state index contributed by atoms with van der Waals surface area (Å²) < 4.78 is 8.85. The molecule has 0 N–H and O–H groups in total. The van der Waals surface area contributed by atoms with Gasteiger partial charge in [0.05, 0.1) is 12.4 Å². The first kappa shape index (κ1) is 26.3. The molecular weight excluding hydrogens is 494 g/mol. The van der Waals surface area contributed by atoms with Crippen LogP contribution in [0, 0.1) is 0 Å². The molecule has 0 saturated carbocycles. The van der Waals surface area contributed by atoms with Gasteiger partial charge >= 0.3 is 6.09 Å². The maximum Gasteiger partial charge on any atom is 0.410 e. The fourth-order valence-corrected chi connectivity index (χ4v) is 4.67. The number of likely N-dealkylation sites (tertiary alicyclic amines) is 1. The summed E-state index contributed by atoms with van der Waals surface area (Å²) >= 11 is 0. The molecule has 1 saturated heterocycles. The summed E-state index contributed by atoms with van der Waals surface area (Å²) in [6, 6.07) is 9.40. The number of benzene rings is 1. The lowest BCUT2D eigenvalue weighted by Crippen LogP contribution is -2.41. The molecule has 0 aliphatic carbocycles. The molecule has 1 aromatic carbocycles. The van der Waals surface area contributed by atoms with Crippen molar-refractivity contribution in [2.45, 2.75) is 51.6 Å². The van der Waals surface area contributed by atoms with E-state index in [1.165, 1.54) is 6.07 Å². The quantitative estimate of drug-likeness (QED) is 0.384. The van der Waals surface area contributed by atoms with Crippen molar-refractivity contribution in [2.75, 3.05) is 13.1 Å². The van der Waals surface area contributed by atoms with E-state index in [-0.39, 0.29) is 11.5 Å². The van der Waals surface area contributed by atoms with Crippen LogP contribution >= 0.6 is 0 Å². The number of nitrogens with zero attached hydrogens (tertiary/aromatic N) is 7. The molecule has 1 aliphatic heterocycles. The number of rotatable bonds is 5. The van der Waals surface area contributed by atoms with E-state index < -0.39 is 5.60 Å². The summed E-state index contributed by atoms with van der Waals surface area (Å²) in [4.78, 5) is 35.9. The second-order valence-electron chi connectivity index (χ2n) is 10.9. The molecule has 0 bridgehead atoms. The molecule has 5 rings (SSSR count). The van der Waals surface area contributed by atoms with Crippen LogP contribution in [-0.4, -0.2) is 59.2 Å². The Morgan fingerprint density at radius 2 is 1.82 bits per heavy atom. The zero-order valence-corrected chi connectivity index (χ0v) is 22.7. The maximum absolute atomic E-state index is 12.5. The van der Waals surface area contributed by atoms with Crippen LogP contribution in [0.4, 0.5) is 4.79 Å². The van der Waals surface area contributed by atoms with Gasteiger partial charge < -0.3 is 9.64 Å². The van der Waals surface area contributed by atoms with Gasteiger partial charge in [-0.05, 0) is 56.7 Å². The van der Waals surface area contributed by atoms with Crippen LogP contribution in [-0.2, 0) is 18.2 Å². The number of aryl methyl sites for hydroxylation is 1. The number of ether oxygens (including phenoxy) is 1. The monoisotopic (exact) mass is 527 g/mol. The van der Waals surface area contributed by atoms with Gasteiger partial charge in [-0.1, -0.05) is 18.2 Å². The highest BCUT2D eigenvalue weighted by atomic mass is 16.6. The number of hydrogen-bond acceptors (Lipinski definition) is 7. The highest BCUT2D eigenvalue weighted by molar-refractivity contribution is 5.68. The van der Waals surface area contributed by atoms with Crippen molar-refractivity contribution >= 4 is 6.09 Å². The second-order valence-corrected chi connectivity index (χ2v) is 10.9. The molecule has 1 amide bonds. The van der Waals surface area contributed by atoms with Gasteiger partial charge in [-0.25, -0.2) is 19.4 Å². The van der Waals surface area contributed by atoms with Crippen molar-refractivity contribution in [2.24, 2.45) is 7.05 Å². The van der Waals surface area contributed by atoms with Gasteiger partial charge in [0.1, 0.15) is 17.0 Å². The fourth-order valence-electron chi connectivity index (χ4n) is 4.67. The van der Waals surface area contributed by atoms with Crippen molar-refractivity contribution in [1.29, 1.82) is 0 Å². The molecule has 202 valence electrons. The molecule has 4 aromatic rings. The van der Waals surface area contributed by atoms with Gasteiger partial charge in [-0.2, -0.15) is 10.2 Å². The maximum atomic E-state index is 12.5. The van der Waals surface area contributed by atoms with Crippen LogP contribution in [0.2, 0.25) is 0 Å². The second kappa shape index (κ2) is 10.8. The molecule has 0 spiro atoms. The van der Waals surface area contributed by atoms with E-state index in [0.29, 0.717) is 36.9 Å². The average molecular weight is 528 g/mol. The average Bonchev–Trinajstić information content (AvgIpc) is 3.35. The summed E-state index contributed by atoms with van der Waals surface area (Å²) in [6.45, 7) is 6.94. The molecule has 0 atom stereocenters. The third-order valence-electron chi connectivity index (χ3n) is 6.68. The zero-order valence-electron chi connectivity index (χ0n) is 22.7. The minimum atomic E-state index is -0.494. The number of aromatic nitrogens is 6. The molecule has 3 aromatic heterocycles. The summed E-state index contributed by atoms with van der Waals surface area (Å²) in [5, 5.41) is 8.71. The molecular formula is C29H33N7O3. The van der Waals surface area contributed by atoms with Crippen LogP contribution in [0.15, 0.2) is 66.1 Å². The van der Waals surface area contributed by atoms with Crippen LogP contribution < -0.4 is 5.43 Å². The van der Waals surface area contributed by atoms with E-state index in [9.17, 15) is 9.59 Å². The van der Waals surface area contributed by atoms with E-state index in [0.717, 1.165) is 35.2 Å². The predicted molar refractivity (Wildman–Crippen MR) is 147 cm³/mol. The van der Waals surface area contributed by atoms with Gasteiger partial charge in [0, 0.05) is 56.8 Å². The third-order valence-corrected chi connectivity index (χ3v) is 6.68. The lowest BCUT2D eigenvalue weighted by Gasteiger charge is -2.33. The molecule has 1 aliphatic rings. The van der Waals surface area contributed by atoms with Crippen LogP contribution in [0.1, 0.15) is 56.4 Å². The molecule has 10 nitrogen and oxygen atoms in total. The molecule has 10 heteroatoms. The first-order chi connectivity index (χ1) is 18.6. The summed E-state index contributed by atoms with van der Waals surface area (Å²) in [6.07, 6.45) is 10.8. The number of amides is 1. The Balaban J connectivity index is 1.25. The van der Waals surface area contributed by atoms with E-state index in [4.69, 9.17) is 4.74 Å². The Morgan fingerprint density at radius 1 is 1.08 bits per heavy atom. The highest BCUT2D eigenvalue weighted by Gasteiger charge is 2.27. The Hall–Kier alpha value is -4.34. The Morgan fingerprint density at radius 3 is 2.49 bits per heavy atom. The smallest absolute Gasteiger partial charge is 0.410 e. The predicted octanol–water partition coefficient (Wildman–Crippen LogP) is 4.13. The topological polar surface area (TPSA) is 108 Å². The van der Waals surface area contributed by atoms with E-state index in [2.05, 4.69) is 20.2 Å². The van der Waals surface area contributed by atoms with Gasteiger partial charge in [-0.15, -0.1) is 0 Å². The third kappa shape index (κ3) is 6.39. The molecule has 1 fully saturated rings. The summed E-state index contributed by atoms with van der Waals surface area (Å²) in [5.41, 5.74) is 3.53. The minimum Gasteiger partial charge on any atom is -0.444 e. The molecule has 0 unspecified atom stereocenters. The van der Waals surface area contributed by atoms with Crippen molar-refractivity contribution in [3.05, 3.63) is 88.4 Å². The number of piperidine rings is 1. The van der Waals surface area contributed by atoms with Gasteiger partial charge in [0.25, 0.3) is 0 Å². The molecule has 4 heterocycles. The normalized spacial score (nSPS) is 14.4. The van der Waals surface area contributed by atoms with Crippen LogP contribution in [0.25, 0.3) is 17.1 Å². The van der Waals surface area contributed by atoms with E-state index in [1.54, 1.807) is 26.7 Å². The number of carbonyl (C=O) groups excluding carboxylic acids is 1. The first-order valence-corrected chi connectivity index (χ1v) is 13.1. The van der Waals surface area contributed by atoms with Gasteiger partial charge in [0.2, 0.25) is 5.43 Å². The Kier molecular flexibility index (Phi) is 7.28. The molecule has 0 radical (unpaired) electrons. The van der Waals surface area contributed by atoms with Crippen molar-refractivity contribution < 1.29 is 9.53 Å². The van der Waals surface area contributed by atoms with Crippen molar-refractivity contribution in [1.82, 2.24) is 34.4 Å². The zero-order chi connectivity index (χ0) is 27.6. The standard InChI is InChI=1S/C29H33N7O3/c1-29(2,3)39-28(38)35-11-8-21(9-12-35)23-16-30-27(31-17-23)22-7-5-6-20(14-22)15-25-26(37)10-13-36(33-25)24-18-32-34(4)19-24/h5-7,10,13-14,16-19,21H,8-9,11-12,15H2,1-4H3. The van der Waals surface area contributed by atoms with E-state index >= 15 is 0 Å². The summed E-state index contributed by atoms with van der Waals surface area (Å²) in [5.74, 6) is 0.927. The van der Waals surface area contributed by atoms with Crippen molar-refractivity contribution in [3.8, 4) is 17.1 Å². The molecule has 39 heavy (non-hydrogen) atoms. The lowest BCUT2D eigenvalue weighted by molar-refractivity contribution is 0.0204. The largest absolute Gasteiger partial charge is 0.444 e. The summed E-state index contributed by atoms with van der Waals surface area (Å²) in [7, 11) is 1.84.